The van der Waals surface area contributed by atoms with Gasteiger partial charge in [0, 0.05) is 18.8 Å². The van der Waals surface area contributed by atoms with E-state index in [4.69, 9.17) is 0 Å². The number of likely N-dealkylation sites (tertiary alicyclic amines) is 1. The van der Waals surface area contributed by atoms with Gasteiger partial charge in [0.05, 0.1) is 0 Å². The Balaban J connectivity index is 2.03. The van der Waals surface area contributed by atoms with Crippen LogP contribution < -0.4 is 0 Å². The number of carbonyl (C=O) groups is 1. The highest BCUT2D eigenvalue weighted by atomic mass is 16.2. The minimum atomic E-state index is 0.0695. The number of nitrogens with zero attached hydrogens (tertiary/aromatic N) is 2. The summed E-state index contributed by atoms with van der Waals surface area (Å²) in [6, 6.07) is 1.88. The summed E-state index contributed by atoms with van der Waals surface area (Å²) in [5.74, 6) is 1.19. The lowest BCUT2D eigenvalue weighted by Gasteiger charge is -2.29. The molecular formula is C13H21N3O. The van der Waals surface area contributed by atoms with Crippen molar-refractivity contribution in [1.29, 1.82) is 0 Å². The Morgan fingerprint density at radius 2 is 2.12 bits per heavy atom. The van der Waals surface area contributed by atoms with E-state index in [0.717, 1.165) is 37.5 Å². The van der Waals surface area contributed by atoms with Gasteiger partial charge in [-0.25, -0.2) is 0 Å². The molecule has 1 aliphatic heterocycles. The first-order valence-electron chi connectivity index (χ1n) is 6.42. The molecule has 0 aromatic carbocycles. The van der Waals surface area contributed by atoms with E-state index in [2.05, 4.69) is 31.0 Å². The van der Waals surface area contributed by atoms with Crippen molar-refractivity contribution in [3.63, 3.8) is 0 Å². The molecule has 1 amide bonds. The van der Waals surface area contributed by atoms with Gasteiger partial charge < -0.3 is 4.90 Å². The second kappa shape index (κ2) is 4.90. The number of H-pyrrole nitrogens is 1. The minimum Gasteiger partial charge on any atom is -0.337 e. The molecule has 0 bridgehead atoms. The predicted molar refractivity (Wildman–Crippen MR) is 67.0 cm³/mol. The Kier molecular flexibility index (Phi) is 3.50. The summed E-state index contributed by atoms with van der Waals surface area (Å²) in [4.78, 5) is 14.1. The number of carbonyl (C=O) groups excluding carboxylic acids is 1. The van der Waals surface area contributed by atoms with Crippen molar-refractivity contribution in [2.45, 2.75) is 39.5 Å². The van der Waals surface area contributed by atoms with Gasteiger partial charge in [-0.05, 0) is 30.7 Å². The fraction of sp³-hybridized carbons (Fsp3) is 0.692. The van der Waals surface area contributed by atoms with Crippen LogP contribution in [0.2, 0.25) is 0 Å². The number of hydrogen-bond acceptors (Lipinski definition) is 2. The highest BCUT2D eigenvalue weighted by Crippen LogP contribution is 2.19. The molecule has 0 aliphatic carbocycles. The molecule has 2 rings (SSSR count). The Morgan fingerprint density at radius 1 is 1.47 bits per heavy atom. The first kappa shape index (κ1) is 12.1. The first-order chi connectivity index (χ1) is 8.08. The van der Waals surface area contributed by atoms with Gasteiger partial charge in [-0.1, -0.05) is 20.8 Å². The Morgan fingerprint density at radius 3 is 2.65 bits per heavy atom. The van der Waals surface area contributed by atoms with E-state index >= 15 is 0 Å². The van der Waals surface area contributed by atoms with E-state index in [-0.39, 0.29) is 5.91 Å². The van der Waals surface area contributed by atoms with E-state index in [0.29, 0.717) is 11.6 Å². The standard InChI is InChI=1S/C13H21N3O/c1-9(2)11-8-12(15-14-11)13(17)16-6-4-10(3)5-7-16/h8-10H,4-7H2,1-3H3,(H,14,15). The second-order valence-corrected chi connectivity index (χ2v) is 5.34. The molecule has 0 saturated carbocycles. The lowest BCUT2D eigenvalue weighted by molar-refractivity contribution is 0.0691. The number of rotatable bonds is 2. The number of hydrogen-bond donors (Lipinski definition) is 1. The quantitative estimate of drug-likeness (QED) is 0.855. The van der Waals surface area contributed by atoms with Crippen LogP contribution in [0, 0.1) is 5.92 Å². The molecule has 1 saturated heterocycles. The van der Waals surface area contributed by atoms with Crippen molar-refractivity contribution < 1.29 is 4.79 Å². The second-order valence-electron chi connectivity index (χ2n) is 5.34. The molecule has 4 heteroatoms. The van der Waals surface area contributed by atoms with Gasteiger partial charge >= 0.3 is 0 Å². The van der Waals surface area contributed by atoms with Crippen LogP contribution in [0.5, 0.6) is 0 Å². The van der Waals surface area contributed by atoms with Crippen LogP contribution in [0.15, 0.2) is 6.07 Å². The van der Waals surface area contributed by atoms with E-state index < -0.39 is 0 Å². The third kappa shape index (κ3) is 2.68. The zero-order valence-electron chi connectivity index (χ0n) is 10.9. The van der Waals surface area contributed by atoms with Gasteiger partial charge in [0.1, 0.15) is 5.69 Å². The average molecular weight is 235 g/mol. The minimum absolute atomic E-state index is 0.0695. The number of nitrogens with one attached hydrogen (secondary N) is 1. The summed E-state index contributed by atoms with van der Waals surface area (Å²) in [7, 11) is 0. The lowest BCUT2D eigenvalue weighted by Crippen LogP contribution is -2.38. The summed E-state index contributed by atoms with van der Waals surface area (Å²) in [6.45, 7) is 8.15. The van der Waals surface area contributed by atoms with Crippen LogP contribution in [0.4, 0.5) is 0 Å². The molecule has 1 aromatic heterocycles. The van der Waals surface area contributed by atoms with Crippen molar-refractivity contribution in [2.75, 3.05) is 13.1 Å². The van der Waals surface area contributed by atoms with Gasteiger partial charge in [0.25, 0.3) is 5.91 Å². The maximum atomic E-state index is 12.2. The van der Waals surface area contributed by atoms with Gasteiger partial charge in [-0.15, -0.1) is 0 Å². The zero-order valence-corrected chi connectivity index (χ0v) is 10.9. The summed E-state index contributed by atoms with van der Waals surface area (Å²) in [5, 5.41) is 7.05. The summed E-state index contributed by atoms with van der Waals surface area (Å²) < 4.78 is 0. The lowest BCUT2D eigenvalue weighted by atomic mass is 9.99. The van der Waals surface area contributed by atoms with E-state index in [1.807, 2.05) is 11.0 Å². The molecule has 0 spiro atoms. The van der Waals surface area contributed by atoms with Gasteiger partial charge in [-0.3, -0.25) is 9.89 Å². The Hall–Kier alpha value is -1.32. The Labute approximate surface area is 102 Å². The highest BCUT2D eigenvalue weighted by Gasteiger charge is 2.23. The predicted octanol–water partition coefficient (Wildman–Crippen LogP) is 2.41. The number of aromatic nitrogens is 2. The zero-order chi connectivity index (χ0) is 12.4. The summed E-state index contributed by atoms with van der Waals surface area (Å²) in [5.41, 5.74) is 1.59. The van der Waals surface area contributed by atoms with Gasteiger partial charge in [0.2, 0.25) is 0 Å². The smallest absolute Gasteiger partial charge is 0.274 e. The van der Waals surface area contributed by atoms with Crippen LogP contribution >= 0.6 is 0 Å². The molecule has 0 unspecified atom stereocenters. The maximum Gasteiger partial charge on any atom is 0.274 e. The Bertz CT molecular complexity index is 389. The van der Waals surface area contributed by atoms with E-state index in [1.54, 1.807) is 0 Å². The number of aromatic amines is 1. The molecule has 1 aliphatic rings. The molecule has 1 fully saturated rings. The van der Waals surface area contributed by atoms with Gasteiger partial charge in [0.15, 0.2) is 0 Å². The highest BCUT2D eigenvalue weighted by molar-refractivity contribution is 5.92. The van der Waals surface area contributed by atoms with E-state index in [1.165, 1.54) is 0 Å². The fourth-order valence-corrected chi connectivity index (χ4v) is 2.12. The molecule has 0 atom stereocenters. The van der Waals surface area contributed by atoms with Crippen LogP contribution in [0.25, 0.3) is 0 Å². The summed E-state index contributed by atoms with van der Waals surface area (Å²) in [6.07, 6.45) is 2.21. The molecule has 2 heterocycles. The third-order valence-electron chi connectivity index (χ3n) is 3.51. The monoisotopic (exact) mass is 235 g/mol. The van der Waals surface area contributed by atoms with E-state index in [9.17, 15) is 4.79 Å². The summed E-state index contributed by atoms with van der Waals surface area (Å²) >= 11 is 0. The molecule has 4 nitrogen and oxygen atoms in total. The van der Waals surface area contributed by atoms with Crippen molar-refractivity contribution in [3.8, 4) is 0 Å². The van der Waals surface area contributed by atoms with Crippen LogP contribution in [-0.4, -0.2) is 34.1 Å². The topological polar surface area (TPSA) is 49.0 Å². The average Bonchev–Trinajstić information content (AvgIpc) is 2.78. The van der Waals surface area contributed by atoms with Crippen molar-refractivity contribution in [2.24, 2.45) is 5.92 Å². The maximum absolute atomic E-state index is 12.2. The number of piperidine rings is 1. The third-order valence-corrected chi connectivity index (χ3v) is 3.51. The molecule has 0 radical (unpaired) electrons. The molecular weight excluding hydrogens is 214 g/mol. The van der Waals surface area contributed by atoms with Crippen LogP contribution in [-0.2, 0) is 0 Å². The largest absolute Gasteiger partial charge is 0.337 e. The van der Waals surface area contributed by atoms with Crippen molar-refractivity contribution >= 4 is 5.91 Å². The van der Waals surface area contributed by atoms with Crippen LogP contribution in [0.3, 0.4) is 0 Å². The molecule has 1 aromatic rings. The fourth-order valence-electron chi connectivity index (χ4n) is 2.12. The van der Waals surface area contributed by atoms with Crippen molar-refractivity contribution in [1.82, 2.24) is 15.1 Å². The molecule has 94 valence electrons. The number of amides is 1. The first-order valence-corrected chi connectivity index (χ1v) is 6.42. The SMILES string of the molecule is CC1CCN(C(=O)c2cc(C(C)C)[nH]n2)CC1. The van der Waals surface area contributed by atoms with Gasteiger partial charge in [-0.2, -0.15) is 5.10 Å². The molecule has 1 N–H and O–H groups in total. The van der Waals surface area contributed by atoms with Crippen LogP contribution in [0.1, 0.15) is 55.7 Å². The normalized spacial score (nSPS) is 17.8. The van der Waals surface area contributed by atoms with Crippen molar-refractivity contribution in [3.05, 3.63) is 17.5 Å². The molecule has 17 heavy (non-hydrogen) atoms.